The quantitative estimate of drug-likeness (QED) is 0.557. The average molecular weight is 528 g/mol. The fourth-order valence-electron chi connectivity index (χ4n) is 4.02. The molecule has 0 aromatic heterocycles. The molecule has 1 amide bonds. The molecule has 1 saturated heterocycles. The lowest BCUT2D eigenvalue weighted by atomic mass is 10.2. The van der Waals surface area contributed by atoms with Crippen molar-refractivity contribution in [1.82, 2.24) is 4.31 Å². The van der Waals surface area contributed by atoms with Crippen molar-refractivity contribution in [3.8, 4) is 0 Å². The van der Waals surface area contributed by atoms with Gasteiger partial charge in [-0.1, -0.05) is 31.4 Å². The highest BCUT2D eigenvalue weighted by atomic mass is 35.5. The van der Waals surface area contributed by atoms with Crippen molar-refractivity contribution in [3.05, 3.63) is 53.6 Å². The summed E-state index contributed by atoms with van der Waals surface area (Å²) < 4.78 is 53.6. The van der Waals surface area contributed by atoms with Gasteiger partial charge in [-0.3, -0.25) is 9.10 Å². The molecule has 1 aliphatic rings. The maximum absolute atomic E-state index is 13.1. The number of carbonyl (C=O) groups is 1. The summed E-state index contributed by atoms with van der Waals surface area (Å²) in [5.74, 6) is -0.522. The number of rotatable bonds is 8. The van der Waals surface area contributed by atoms with Crippen LogP contribution in [0.4, 0.5) is 11.4 Å². The Labute approximate surface area is 207 Å². The fraction of sp³-hybridized carbons (Fsp3) is 0.435. The summed E-state index contributed by atoms with van der Waals surface area (Å²) in [6.07, 6.45) is 5.00. The van der Waals surface area contributed by atoms with Crippen LogP contribution in [0.2, 0.25) is 5.02 Å². The van der Waals surface area contributed by atoms with Gasteiger partial charge < -0.3 is 5.32 Å². The lowest BCUT2D eigenvalue weighted by molar-refractivity contribution is -0.117. The number of halogens is 1. The van der Waals surface area contributed by atoms with E-state index in [1.54, 1.807) is 31.2 Å². The minimum atomic E-state index is -3.78. The molecule has 0 radical (unpaired) electrons. The van der Waals surface area contributed by atoms with Crippen molar-refractivity contribution >= 4 is 48.9 Å². The third-order valence-electron chi connectivity index (χ3n) is 5.74. The summed E-state index contributed by atoms with van der Waals surface area (Å²) in [5, 5.41) is 3.16. The van der Waals surface area contributed by atoms with Gasteiger partial charge >= 0.3 is 0 Å². The van der Waals surface area contributed by atoms with Crippen LogP contribution in [0.15, 0.2) is 53.4 Å². The topological polar surface area (TPSA) is 104 Å². The second-order valence-electron chi connectivity index (χ2n) is 8.29. The minimum Gasteiger partial charge on any atom is -0.324 e. The predicted molar refractivity (Wildman–Crippen MR) is 135 cm³/mol. The van der Waals surface area contributed by atoms with Gasteiger partial charge in [-0.2, -0.15) is 4.31 Å². The predicted octanol–water partition coefficient (Wildman–Crippen LogP) is 4.09. The second-order valence-corrected chi connectivity index (χ2v) is 12.5. The van der Waals surface area contributed by atoms with Crippen LogP contribution >= 0.6 is 11.6 Å². The first-order valence-electron chi connectivity index (χ1n) is 11.2. The van der Waals surface area contributed by atoms with Gasteiger partial charge in [0.1, 0.15) is 6.04 Å². The largest absolute Gasteiger partial charge is 0.324 e. The number of hydrogen-bond acceptors (Lipinski definition) is 5. The molecule has 1 N–H and O–H groups in total. The van der Waals surface area contributed by atoms with Gasteiger partial charge in [0.05, 0.1) is 16.8 Å². The Morgan fingerprint density at radius 1 is 0.971 bits per heavy atom. The van der Waals surface area contributed by atoms with Crippen LogP contribution in [-0.2, 0) is 24.8 Å². The van der Waals surface area contributed by atoms with Gasteiger partial charge in [0.2, 0.25) is 26.0 Å². The van der Waals surface area contributed by atoms with E-state index in [0.29, 0.717) is 29.5 Å². The number of carbonyl (C=O) groups excluding carboxylic acids is 1. The van der Waals surface area contributed by atoms with Crippen LogP contribution in [0.5, 0.6) is 0 Å². The monoisotopic (exact) mass is 527 g/mol. The summed E-state index contributed by atoms with van der Waals surface area (Å²) in [5.41, 5.74) is 0.704. The summed E-state index contributed by atoms with van der Waals surface area (Å²) >= 11 is 5.92. The van der Waals surface area contributed by atoms with Gasteiger partial charge in [0.15, 0.2) is 0 Å². The van der Waals surface area contributed by atoms with Crippen LogP contribution in [0.1, 0.15) is 39.0 Å². The smallest absolute Gasteiger partial charge is 0.248 e. The molecule has 1 atom stereocenters. The highest BCUT2D eigenvalue weighted by Crippen LogP contribution is 2.26. The number of hydrogen-bond donors (Lipinski definition) is 1. The first kappa shape index (κ1) is 26.5. The Kier molecular flexibility index (Phi) is 8.62. The van der Waals surface area contributed by atoms with E-state index in [0.717, 1.165) is 36.2 Å². The Balaban J connectivity index is 1.79. The van der Waals surface area contributed by atoms with Crippen LogP contribution in [-0.4, -0.2) is 52.4 Å². The van der Waals surface area contributed by atoms with Crippen LogP contribution in [0, 0.1) is 0 Å². The van der Waals surface area contributed by atoms with Crippen molar-refractivity contribution in [3.63, 3.8) is 0 Å². The lowest BCUT2D eigenvalue weighted by Gasteiger charge is -2.30. The lowest BCUT2D eigenvalue weighted by Crippen LogP contribution is -2.47. The number of anilines is 2. The van der Waals surface area contributed by atoms with Crippen molar-refractivity contribution in [2.75, 3.05) is 29.0 Å². The van der Waals surface area contributed by atoms with E-state index in [4.69, 9.17) is 11.6 Å². The third-order valence-corrected chi connectivity index (χ3v) is 9.08. The summed E-state index contributed by atoms with van der Waals surface area (Å²) in [6.45, 7) is 2.73. The molecule has 1 aliphatic heterocycles. The molecule has 186 valence electrons. The molecular formula is C23H30ClN3O5S2. The molecule has 8 nitrogen and oxygen atoms in total. The Morgan fingerprint density at radius 3 is 2.03 bits per heavy atom. The van der Waals surface area contributed by atoms with E-state index in [9.17, 15) is 21.6 Å². The SMILES string of the molecule is CCC(C(=O)Nc1ccc(S(=O)(=O)N2CCCCCC2)cc1)N(c1ccc(Cl)cc1)S(C)(=O)=O. The van der Waals surface area contributed by atoms with Gasteiger partial charge in [-0.25, -0.2) is 16.8 Å². The maximum Gasteiger partial charge on any atom is 0.248 e. The minimum absolute atomic E-state index is 0.165. The first-order chi connectivity index (χ1) is 16.0. The second kappa shape index (κ2) is 11.1. The van der Waals surface area contributed by atoms with E-state index in [1.165, 1.54) is 28.6 Å². The molecule has 1 fully saturated rings. The number of benzene rings is 2. The van der Waals surface area contributed by atoms with E-state index < -0.39 is 32.0 Å². The molecule has 0 saturated carbocycles. The van der Waals surface area contributed by atoms with Gasteiger partial charge in [0.25, 0.3) is 0 Å². The van der Waals surface area contributed by atoms with Crippen molar-refractivity contribution in [2.24, 2.45) is 0 Å². The molecule has 2 aromatic carbocycles. The molecule has 1 unspecified atom stereocenters. The number of nitrogens with one attached hydrogen (secondary N) is 1. The van der Waals surface area contributed by atoms with E-state index in [-0.39, 0.29) is 11.3 Å². The molecule has 34 heavy (non-hydrogen) atoms. The number of amides is 1. The van der Waals surface area contributed by atoms with Crippen LogP contribution < -0.4 is 9.62 Å². The van der Waals surface area contributed by atoms with Crippen molar-refractivity contribution in [1.29, 1.82) is 0 Å². The molecule has 11 heteroatoms. The molecule has 0 spiro atoms. The molecule has 0 bridgehead atoms. The standard InChI is InChI=1S/C23H30ClN3O5S2/c1-3-22(27(33(2,29)30)20-12-8-18(24)9-13-20)23(28)25-19-10-14-21(15-11-19)34(31,32)26-16-6-4-5-7-17-26/h8-15,22H,3-7,16-17H2,1-2H3,(H,25,28). The van der Waals surface area contributed by atoms with Gasteiger partial charge in [-0.15, -0.1) is 0 Å². The zero-order valence-electron chi connectivity index (χ0n) is 19.3. The molecule has 3 rings (SSSR count). The number of nitrogens with zero attached hydrogens (tertiary/aromatic N) is 2. The molecular weight excluding hydrogens is 498 g/mol. The highest BCUT2D eigenvalue weighted by molar-refractivity contribution is 7.92. The van der Waals surface area contributed by atoms with Gasteiger partial charge in [0, 0.05) is 23.8 Å². The summed E-state index contributed by atoms with van der Waals surface area (Å²) in [4.78, 5) is 13.2. The molecule has 0 aliphatic carbocycles. The van der Waals surface area contributed by atoms with Crippen molar-refractivity contribution < 1.29 is 21.6 Å². The summed E-state index contributed by atoms with van der Waals surface area (Å²) in [6, 6.07) is 11.2. The van der Waals surface area contributed by atoms with E-state index in [1.807, 2.05) is 0 Å². The fourth-order valence-corrected chi connectivity index (χ4v) is 6.87. The Hall–Kier alpha value is -2.14. The zero-order chi connectivity index (χ0) is 24.9. The first-order valence-corrected chi connectivity index (χ1v) is 14.9. The molecule has 1 heterocycles. The Morgan fingerprint density at radius 2 is 1.53 bits per heavy atom. The summed E-state index contributed by atoms with van der Waals surface area (Å²) in [7, 11) is -7.38. The average Bonchev–Trinajstić information content (AvgIpc) is 3.08. The van der Waals surface area contributed by atoms with Crippen LogP contribution in [0.25, 0.3) is 0 Å². The maximum atomic E-state index is 13.1. The van der Waals surface area contributed by atoms with Crippen molar-refractivity contribution in [2.45, 2.75) is 50.0 Å². The normalized spacial score (nSPS) is 16.4. The van der Waals surface area contributed by atoms with Crippen LogP contribution in [0.3, 0.4) is 0 Å². The third kappa shape index (κ3) is 6.29. The highest BCUT2D eigenvalue weighted by Gasteiger charge is 2.32. The van der Waals surface area contributed by atoms with E-state index >= 15 is 0 Å². The van der Waals surface area contributed by atoms with E-state index in [2.05, 4.69) is 5.32 Å². The molecule has 2 aromatic rings. The zero-order valence-corrected chi connectivity index (χ0v) is 21.7. The Bertz CT molecular complexity index is 1190. The van der Waals surface area contributed by atoms with Gasteiger partial charge in [-0.05, 0) is 67.8 Å². The number of sulfonamides is 2.